The minimum Gasteiger partial charge on any atom is -0.481 e. The van der Waals surface area contributed by atoms with Crippen molar-refractivity contribution in [3.8, 4) is 29.2 Å². The molecule has 0 spiro atoms. The number of nitrogens with zero attached hydrogens (tertiary/aromatic N) is 5. The fraction of sp³-hybridized carbons (Fsp3) is 0.100. The van der Waals surface area contributed by atoms with E-state index in [4.69, 9.17) is 4.74 Å². The van der Waals surface area contributed by atoms with E-state index in [-0.39, 0.29) is 5.52 Å². The van der Waals surface area contributed by atoms with Gasteiger partial charge < -0.3 is 4.74 Å². The molecule has 1 aromatic carbocycles. The largest absolute Gasteiger partial charge is 0.481 e. The van der Waals surface area contributed by atoms with Crippen molar-refractivity contribution < 1.29 is 17.9 Å². The van der Waals surface area contributed by atoms with Gasteiger partial charge in [-0.15, -0.1) is 0 Å². The van der Waals surface area contributed by atoms with Crippen LogP contribution in [0.2, 0.25) is 0 Å². The summed E-state index contributed by atoms with van der Waals surface area (Å²) in [6.07, 6.45) is -1.60. The molecule has 0 amide bonds. The van der Waals surface area contributed by atoms with Crippen molar-refractivity contribution in [2.75, 3.05) is 7.11 Å². The molecule has 3 heterocycles. The van der Waals surface area contributed by atoms with E-state index in [0.717, 1.165) is 6.07 Å². The Kier molecular flexibility index (Phi) is 4.39. The van der Waals surface area contributed by atoms with Gasteiger partial charge in [-0.3, -0.25) is 9.55 Å². The minimum absolute atomic E-state index is 0.0906. The molecular weight excluding hydrogens is 383 g/mol. The molecule has 0 unspecified atom stereocenters. The quantitative estimate of drug-likeness (QED) is 0.515. The third-order valence-corrected chi connectivity index (χ3v) is 4.30. The van der Waals surface area contributed by atoms with Crippen LogP contribution in [0.25, 0.3) is 28.2 Å². The molecule has 9 heteroatoms. The molecule has 4 aromatic rings. The average Bonchev–Trinajstić information content (AvgIpc) is 3.11. The lowest BCUT2D eigenvalue weighted by molar-refractivity contribution is -0.137. The lowest BCUT2D eigenvalue weighted by Gasteiger charge is -2.11. The fourth-order valence-electron chi connectivity index (χ4n) is 3.00. The molecule has 0 bridgehead atoms. The van der Waals surface area contributed by atoms with Gasteiger partial charge in [0.2, 0.25) is 5.88 Å². The Balaban J connectivity index is 2.06. The first-order chi connectivity index (χ1) is 13.9. The highest BCUT2D eigenvalue weighted by Crippen LogP contribution is 2.36. The van der Waals surface area contributed by atoms with E-state index < -0.39 is 17.3 Å². The first-order valence-electron chi connectivity index (χ1n) is 8.38. The highest BCUT2D eigenvalue weighted by Gasteiger charge is 2.35. The van der Waals surface area contributed by atoms with Gasteiger partial charge in [-0.05, 0) is 30.3 Å². The standard InChI is InChI=1S/C20H12F3N5O/c1-29-18-6-5-13(11-26-18)28-17-8-12(10-24)14(20(21,22)23)9-16(17)27-19(28)15-4-2-3-7-25-15/h2-9,11H,1H3. The molecule has 0 aliphatic heterocycles. The van der Waals surface area contributed by atoms with E-state index in [2.05, 4.69) is 15.0 Å². The van der Waals surface area contributed by atoms with Crippen molar-refractivity contribution in [3.05, 3.63) is 66.0 Å². The Morgan fingerprint density at radius 2 is 1.93 bits per heavy atom. The number of alkyl halides is 3. The van der Waals surface area contributed by atoms with Crippen molar-refractivity contribution in [2.24, 2.45) is 0 Å². The van der Waals surface area contributed by atoms with Crippen molar-refractivity contribution in [1.29, 1.82) is 5.26 Å². The highest BCUT2D eigenvalue weighted by molar-refractivity contribution is 5.85. The molecule has 0 radical (unpaired) electrons. The van der Waals surface area contributed by atoms with Crippen molar-refractivity contribution >= 4 is 11.0 Å². The molecule has 0 atom stereocenters. The van der Waals surface area contributed by atoms with Gasteiger partial charge in [0.05, 0.1) is 47.2 Å². The summed E-state index contributed by atoms with van der Waals surface area (Å²) in [6.45, 7) is 0. The van der Waals surface area contributed by atoms with Gasteiger partial charge in [0.15, 0.2) is 5.82 Å². The second-order valence-corrected chi connectivity index (χ2v) is 6.04. The molecule has 0 fully saturated rings. The Morgan fingerprint density at radius 3 is 2.52 bits per heavy atom. The Morgan fingerprint density at radius 1 is 1.10 bits per heavy atom. The smallest absolute Gasteiger partial charge is 0.417 e. The normalized spacial score (nSPS) is 11.4. The average molecular weight is 395 g/mol. The first-order valence-corrected chi connectivity index (χ1v) is 8.38. The van der Waals surface area contributed by atoms with Crippen LogP contribution in [0.1, 0.15) is 11.1 Å². The lowest BCUT2D eigenvalue weighted by Crippen LogP contribution is -2.08. The van der Waals surface area contributed by atoms with Gasteiger partial charge in [0.25, 0.3) is 0 Å². The molecule has 0 saturated carbocycles. The monoisotopic (exact) mass is 395 g/mol. The summed E-state index contributed by atoms with van der Waals surface area (Å²) >= 11 is 0. The molecule has 3 aromatic heterocycles. The topological polar surface area (TPSA) is 76.6 Å². The number of pyridine rings is 2. The minimum atomic E-state index is -4.67. The number of methoxy groups -OCH3 is 1. The Labute approximate surface area is 162 Å². The number of nitriles is 1. The summed E-state index contributed by atoms with van der Waals surface area (Å²) < 4.78 is 46.8. The van der Waals surface area contributed by atoms with Crippen LogP contribution < -0.4 is 4.74 Å². The molecule has 0 N–H and O–H groups in total. The van der Waals surface area contributed by atoms with Gasteiger partial charge in [-0.25, -0.2) is 9.97 Å². The maximum absolute atomic E-state index is 13.4. The second-order valence-electron chi connectivity index (χ2n) is 6.04. The van der Waals surface area contributed by atoms with Crippen LogP contribution >= 0.6 is 0 Å². The maximum atomic E-state index is 13.4. The third kappa shape index (κ3) is 3.25. The highest BCUT2D eigenvalue weighted by atomic mass is 19.4. The first kappa shape index (κ1) is 18.4. The van der Waals surface area contributed by atoms with E-state index in [1.54, 1.807) is 47.2 Å². The Bertz CT molecular complexity index is 1230. The van der Waals surface area contributed by atoms with Crippen LogP contribution in [0.15, 0.2) is 54.9 Å². The molecular formula is C20H12F3N5O. The zero-order valence-electron chi connectivity index (χ0n) is 15.0. The number of hydrogen-bond acceptors (Lipinski definition) is 5. The van der Waals surface area contributed by atoms with E-state index in [9.17, 15) is 18.4 Å². The fourth-order valence-corrected chi connectivity index (χ4v) is 3.00. The number of imidazole rings is 1. The van der Waals surface area contributed by atoms with Crippen molar-refractivity contribution in [3.63, 3.8) is 0 Å². The van der Waals surface area contributed by atoms with Crippen LogP contribution in [0.4, 0.5) is 13.2 Å². The molecule has 29 heavy (non-hydrogen) atoms. The zero-order chi connectivity index (χ0) is 20.6. The third-order valence-electron chi connectivity index (χ3n) is 4.30. The molecule has 144 valence electrons. The van der Waals surface area contributed by atoms with Crippen LogP contribution in [0.5, 0.6) is 5.88 Å². The van der Waals surface area contributed by atoms with Gasteiger partial charge >= 0.3 is 6.18 Å². The summed E-state index contributed by atoms with van der Waals surface area (Å²) in [7, 11) is 1.48. The van der Waals surface area contributed by atoms with Crippen LogP contribution in [-0.4, -0.2) is 26.6 Å². The number of hydrogen-bond donors (Lipinski definition) is 0. The van der Waals surface area contributed by atoms with Crippen LogP contribution in [0, 0.1) is 11.3 Å². The summed E-state index contributed by atoms with van der Waals surface area (Å²) in [5.41, 5.74) is -0.0862. The number of halogens is 3. The van der Waals surface area contributed by atoms with Crippen LogP contribution in [0.3, 0.4) is 0 Å². The number of ether oxygens (including phenoxy) is 1. The number of benzene rings is 1. The predicted octanol–water partition coefficient (Wildman–Crippen LogP) is 4.38. The summed E-state index contributed by atoms with van der Waals surface area (Å²) in [6, 6.07) is 12.2. The lowest BCUT2D eigenvalue weighted by atomic mass is 10.1. The molecule has 0 aliphatic rings. The van der Waals surface area contributed by atoms with Gasteiger partial charge in [-0.2, -0.15) is 18.4 Å². The second kappa shape index (κ2) is 6.91. The zero-order valence-corrected chi connectivity index (χ0v) is 15.0. The number of aromatic nitrogens is 4. The van der Waals surface area contributed by atoms with Gasteiger partial charge in [0.1, 0.15) is 5.69 Å². The maximum Gasteiger partial charge on any atom is 0.417 e. The molecule has 6 nitrogen and oxygen atoms in total. The number of fused-ring (bicyclic) bond motifs is 1. The molecule has 4 rings (SSSR count). The summed E-state index contributed by atoms with van der Waals surface area (Å²) in [5.74, 6) is 0.713. The van der Waals surface area contributed by atoms with E-state index in [1.165, 1.54) is 19.4 Å². The van der Waals surface area contributed by atoms with Gasteiger partial charge in [0, 0.05) is 12.3 Å². The van der Waals surface area contributed by atoms with E-state index in [0.29, 0.717) is 28.6 Å². The Hall–Kier alpha value is -3.93. The van der Waals surface area contributed by atoms with Crippen molar-refractivity contribution in [2.45, 2.75) is 6.18 Å². The van der Waals surface area contributed by atoms with Crippen LogP contribution in [-0.2, 0) is 6.18 Å². The predicted molar refractivity (Wildman–Crippen MR) is 98.4 cm³/mol. The summed E-state index contributed by atoms with van der Waals surface area (Å²) in [5, 5.41) is 9.27. The number of rotatable bonds is 3. The SMILES string of the molecule is COc1ccc(-n2c(-c3ccccn3)nc3cc(C(F)(F)F)c(C#N)cc32)cn1. The van der Waals surface area contributed by atoms with Crippen molar-refractivity contribution in [1.82, 2.24) is 19.5 Å². The van der Waals surface area contributed by atoms with Gasteiger partial charge in [-0.1, -0.05) is 6.07 Å². The van der Waals surface area contributed by atoms with E-state index in [1.807, 2.05) is 0 Å². The summed E-state index contributed by atoms with van der Waals surface area (Å²) in [4.78, 5) is 12.8. The van der Waals surface area contributed by atoms with E-state index >= 15 is 0 Å². The molecule has 0 saturated heterocycles. The molecule has 0 aliphatic carbocycles.